The standard InChI is InChI=1S/C27H20ClF3N2O4S/c1-17-10-12-22(16-23(17)26(34)32-20-7-5-6-18(14-20)27(29,30)31)38(35,36)33-24-15-19(28)11-13-25(24)37-21-8-3-2-4-9-21/h2-16,33H,1H3,(H,32,34). The van der Waals surface area contributed by atoms with E-state index in [1.54, 1.807) is 43.3 Å². The Kier molecular flexibility index (Phi) is 7.66. The number of alkyl halides is 3. The Hall–Kier alpha value is -4.02. The van der Waals surface area contributed by atoms with Crippen molar-refractivity contribution in [3.8, 4) is 11.5 Å². The minimum Gasteiger partial charge on any atom is -0.455 e. The zero-order valence-electron chi connectivity index (χ0n) is 19.7. The van der Waals surface area contributed by atoms with Gasteiger partial charge in [0.05, 0.1) is 16.1 Å². The first-order valence-electron chi connectivity index (χ1n) is 11.1. The normalized spacial score (nSPS) is 11.6. The predicted octanol–water partition coefficient (Wildman–Crippen LogP) is 7.51. The van der Waals surface area contributed by atoms with E-state index < -0.39 is 27.7 Å². The van der Waals surface area contributed by atoms with Gasteiger partial charge in [0.25, 0.3) is 15.9 Å². The molecule has 0 fully saturated rings. The zero-order chi connectivity index (χ0) is 27.5. The molecule has 196 valence electrons. The van der Waals surface area contributed by atoms with Crippen LogP contribution in [-0.2, 0) is 16.2 Å². The first-order valence-corrected chi connectivity index (χ1v) is 12.9. The molecule has 0 bridgehead atoms. The third-order valence-electron chi connectivity index (χ3n) is 5.37. The Morgan fingerprint density at radius 3 is 2.34 bits per heavy atom. The highest BCUT2D eigenvalue weighted by atomic mass is 35.5. The first-order chi connectivity index (χ1) is 17.9. The van der Waals surface area contributed by atoms with Gasteiger partial charge in [0.1, 0.15) is 5.75 Å². The number of nitrogens with one attached hydrogen (secondary N) is 2. The summed E-state index contributed by atoms with van der Waals surface area (Å²) < 4.78 is 73.8. The molecular formula is C27H20ClF3N2O4S. The van der Waals surface area contributed by atoms with E-state index in [0.29, 0.717) is 11.3 Å². The number of anilines is 2. The second kappa shape index (κ2) is 10.8. The van der Waals surface area contributed by atoms with Crippen molar-refractivity contribution in [3.05, 3.63) is 113 Å². The van der Waals surface area contributed by atoms with E-state index in [4.69, 9.17) is 16.3 Å². The van der Waals surface area contributed by atoms with E-state index in [0.717, 1.165) is 24.3 Å². The summed E-state index contributed by atoms with van der Waals surface area (Å²) in [5, 5.41) is 2.65. The van der Waals surface area contributed by atoms with Gasteiger partial charge in [-0.1, -0.05) is 41.9 Å². The van der Waals surface area contributed by atoms with E-state index in [1.165, 1.54) is 30.3 Å². The van der Waals surface area contributed by atoms with Crippen LogP contribution < -0.4 is 14.8 Å². The second-order valence-electron chi connectivity index (χ2n) is 8.17. The van der Waals surface area contributed by atoms with Crippen molar-refractivity contribution >= 4 is 38.9 Å². The van der Waals surface area contributed by atoms with Crippen LogP contribution in [0.5, 0.6) is 11.5 Å². The maximum Gasteiger partial charge on any atom is 0.416 e. The Bertz CT molecular complexity index is 1590. The molecule has 0 aliphatic heterocycles. The van der Waals surface area contributed by atoms with Gasteiger partial charge in [0.2, 0.25) is 0 Å². The molecule has 0 aromatic heterocycles. The molecule has 2 N–H and O–H groups in total. The highest BCUT2D eigenvalue weighted by Gasteiger charge is 2.30. The Balaban J connectivity index is 1.61. The molecule has 0 unspecified atom stereocenters. The van der Waals surface area contributed by atoms with Gasteiger partial charge < -0.3 is 10.1 Å². The molecule has 0 atom stereocenters. The summed E-state index contributed by atoms with van der Waals surface area (Å²) in [7, 11) is -4.23. The van der Waals surface area contributed by atoms with Crippen LogP contribution in [0.25, 0.3) is 0 Å². The van der Waals surface area contributed by atoms with Crippen LogP contribution in [0, 0.1) is 6.92 Å². The quantitative estimate of drug-likeness (QED) is 0.245. The molecule has 0 saturated heterocycles. The molecule has 38 heavy (non-hydrogen) atoms. The lowest BCUT2D eigenvalue weighted by Crippen LogP contribution is -2.17. The van der Waals surface area contributed by atoms with Crippen molar-refractivity contribution in [1.29, 1.82) is 0 Å². The number of benzene rings is 4. The minimum absolute atomic E-state index is 0.0304. The Morgan fingerprint density at radius 2 is 1.63 bits per heavy atom. The number of ether oxygens (including phenoxy) is 1. The molecule has 0 aliphatic carbocycles. The number of hydrogen-bond acceptors (Lipinski definition) is 4. The van der Waals surface area contributed by atoms with Crippen LogP contribution in [0.4, 0.5) is 24.5 Å². The van der Waals surface area contributed by atoms with Gasteiger partial charge in [-0.05, 0) is 73.2 Å². The summed E-state index contributed by atoms with van der Waals surface area (Å²) in [5.41, 5.74) is -0.557. The van der Waals surface area contributed by atoms with Gasteiger partial charge >= 0.3 is 6.18 Å². The largest absolute Gasteiger partial charge is 0.455 e. The fourth-order valence-electron chi connectivity index (χ4n) is 3.47. The van der Waals surface area contributed by atoms with Crippen LogP contribution in [0.2, 0.25) is 5.02 Å². The maximum absolute atomic E-state index is 13.3. The van der Waals surface area contributed by atoms with Crippen molar-refractivity contribution in [2.45, 2.75) is 18.0 Å². The molecule has 4 aromatic rings. The lowest BCUT2D eigenvalue weighted by Gasteiger charge is -2.15. The molecule has 0 saturated carbocycles. The monoisotopic (exact) mass is 560 g/mol. The summed E-state index contributed by atoms with van der Waals surface area (Å²) in [6.45, 7) is 1.58. The van der Waals surface area contributed by atoms with Crippen molar-refractivity contribution < 1.29 is 31.1 Å². The summed E-state index contributed by atoms with van der Waals surface area (Å²) in [6, 6.07) is 21.2. The number of para-hydroxylation sites is 1. The van der Waals surface area contributed by atoms with Crippen LogP contribution in [0.1, 0.15) is 21.5 Å². The van der Waals surface area contributed by atoms with Gasteiger partial charge in [-0.15, -0.1) is 0 Å². The number of amides is 1. The fraction of sp³-hybridized carbons (Fsp3) is 0.0741. The number of halogens is 4. The molecule has 0 aliphatic rings. The third kappa shape index (κ3) is 6.45. The smallest absolute Gasteiger partial charge is 0.416 e. The number of hydrogen-bond donors (Lipinski definition) is 2. The molecule has 0 spiro atoms. The van der Waals surface area contributed by atoms with Gasteiger partial charge in [-0.3, -0.25) is 9.52 Å². The highest BCUT2D eigenvalue weighted by Crippen LogP contribution is 2.34. The molecular weight excluding hydrogens is 541 g/mol. The van der Waals surface area contributed by atoms with Gasteiger partial charge in [-0.2, -0.15) is 13.2 Å². The molecule has 1 amide bonds. The van der Waals surface area contributed by atoms with Gasteiger partial charge in [-0.25, -0.2) is 8.42 Å². The lowest BCUT2D eigenvalue weighted by atomic mass is 10.1. The van der Waals surface area contributed by atoms with Crippen molar-refractivity contribution in [2.75, 3.05) is 10.0 Å². The van der Waals surface area contributed by atoms with Crippen LogP contribution in [0.15, 0.2) is 95.9 Å². The van der Waals surface area contributed by atoms with Crippen molar-refractivity contribution in [2.24, 2.45) is 0 Å². The van der Waals surface area contributed by atoms with E-state index in [9.17, 15) is 26.4 Å². The second-order valence-corrected chi connectivity index (χ2v) is 10.3. The van der Waals surface area contributed by atoms with Crippen LogP contribution >= 0.6 is 11.6 Å². The van der Waals surface area contributed by atoms with Gasteiger partial charge in [0, 0.05) is 16.3 Å². The van der Waals surface area contributed by atoms with Crippen molar-refractivity contribution in [1.82, 2.24) is 0 Å². The maximum atomic E-state index is 13.3. The van der Waals surface area contributed by atoms with E-state index >= 15 is 0 Å². The number of carbonyl (C=O) groups is 1. The third-order valence-corrected chi connectivity index (χ3v) is 6.97. The Labute approximate surface area is 222 Å². The fourth-order valence-corrected chi connectivity index (χ4v) is 4.73. The molecule has 0 radical (unpaired) electrons. The van der Waals surface area contributed by atoms with Crippen LogP contribution in [0.3, 0.4) is 0 Å². The van der Waals surface area contributed by atoms with Crippen LogP contribution in [-0.4, -0.2) is 14.3 Å². The summed E-state index contributed by atoms with van der Waals surface area (Å²) in [5.74, 6) is -0.104. The number of rotatable bonds is 7. The van der Waals surface area contributed by atoms with E-state index in [-0.39, 0.29) is 32.6 Å². The van der Waals surface area contributed by atoms with Gasteiger partial charge in [0.15, 0.2) is 5.75 Å². The zero-order valence-corrected chi connectivity index (χ0v) is 21.3. The molecule has 4 aromatic carbocycles. The lowest BCUT2D eigenvalue weighted by molar-refractivity contribution is -0.137. The first kappa shape index (κ1) is 27.0. The SMILES string of the molecule is Cc1ccc(S(=O)(=O)Nc2cc(Cl)ccc2Oc2ccccc2)cc1C(=O)Nc1cccc(C(F)(F)F)c1. The van der Waals surface area contributed by atoms with E-state index in [2.05, 4.69) is 10.0 Å². The average Bonchev–Trinajstić information content (AvgIpc) is 2.86. The molecule has 4 rings (SSSR count). The number of aryl methyl sites for hydroxylation is 1. The van der Waals surface area contributed by atoms with E-state index in [1.807, 2.05) is 0 Å². The molecule has 11 heteroatoms. The summed E-state index contributed by atoms with van der Waals surface area (Å²) in [4.78, 5) is 12.6. The topological polar surface area (TPSA) is 84.5 Å². The number of carbonyl (C=O) groups excluding carboxylic acids is 1. The average molecular weight is 561 g/mol. The number of sulfonamides is 1. The predicted molar refractivity (Wildman–Crippen MR) is 139 cm³/mol. The minimum atomic E-state index is -4.58. The Morgan fingerprint density at radius 1 is 0.895 bits per heavy atom. The molecule has 6 nitrogen and oxygen atoms in total. The van der Waals surface area contributed by atoms with Crippen molar-refractivity contribution in [3.63, 3.8) is 0 Å². The highest BCUT2D eigenvalue weighted by molar-refractivity contribution is 7.92. The summed E-state index contributed by atoms with van der Waals surface area (Å²) in [6.07, 6.45) is -4.58. The summed E-state index contributed by atoms with van der Waals surface area (Å²) >= 11 is 6.08. The molecule has 0 heterocycles.